The van der Waals surface area contributed by atoms with Gasteiger partial charge >= 0.3 is 5.97 Å². The molecule has 108 valence electrons. The predicted octanol–water partition coefficient (Wildman–Crippen LogP) is 1.76. The van der Waals surface area contributed by atoms with Crippen LogP contribution < -0.4 is 4.90 Å². The Balaban J connectivity index is 2.14. The third kappa shape index (κ3) is 1.88. The number of halogens is 1. The number of piperidine rings is 1. The van der Waals surface area contributed by atoms with E-state index in [2.05, 4.69) is 4.90 Å². The lowest BCUT2D eigenvalue weighted by molar-refractivity contribution is -0.141. The maximum Gasteiger partial charge on any atom is 0.311 e. The van der Waals surface area contributed by atoms with Gasteiger partial charge in [0.15, 0.2) is 0 Å². The van der Waals surface area contributed by atoms with Crippen LogP contribution in [-0.4, -0.2) is 49.2 Å². The van der Waals surface area contributed by atoms with Gasteiger partial charge in [0, 0.05) is 25.6 Å². The van der Waals surface area contributed by atoms with Gasteiger partial charge in [-0.1, -0.05) is 12.1 Å². The Morgan fingerprint density at radius 2 is 2.15 bits per heavy atom. The molecule has 0 saturated carbocycles. The first-order valence-corrected chi connectivity index (χ1v) is 6.93. The molecular weight excluding hydrogens is 259 g/mol. The number of hydrogen-bond donors (Lipinski definition) is 1. The topological polar surface area (TPSA) is 43.8 Å². The van der Waals surface area contributed by atoms with E-state index >= 15 is 0 Å². The molecule has 2 heterocycles. The van der Waals surface area contributed by atoms with Crippen LogP contribution >= 0.6 is 0 Å². The first-order valence-electron chi connectivity index (χ1n) is 6.93. The molecule has 0 amide bonds. The standard InChI is InChI=1S/C15H19FN2O2/c1-17-7-6-12-10(8-17)13(15(19)20)9-4-3-5-11(16)14(9)18(12)2/h3-5,10,12-13H,6-8H2,1-2H3,(H,19,20). The smallest absolute Gasteiger partial charge is 0.311 e. The van der Waals surface area contributed by atoms with Crippen molar-refractivity contribution in [2.45, 2.75) is 18.4 Å². The first kappa shape index (κ1) is 13.4. The van der Waals surface area contributed by atoms with Crippen LogP contribution in [0.25, 0.3) is 0 Å². The molecule has 2 aliphatic heterocycles. The van der Waals surface area contributed by atoms with Crippen LogP contribution in [0, 0.1) is 11.7 Å². The van der Waals surface area contributed by atoms with Gasteiger partial charge in [-0.2, -0.15) is 0 Å². The molecule has 3 rings (SSSR count). The second-order valence-electron chi connectivity index (χ2n) is 5.89. The van der Waals surface area contributed by atoms with Crippen LogP contribution in [0.3, 0.4) is 0 Å². The quantitative estimate of drug-likeness (QED) is 0.850. The third-order valence-corrected chi connectivity index (χ3v) is 4.72. The van der Waals surface area contributed by atoms with Gasteiger partial charge in [0.25, 0.3) is 0 Å². The van der Waals surface area contributed by atoms with Crippen LogP contribution in [0.4, 0.5) is 10.1 Å². The van der Waals surface area contributed by atoms with E-state index in [1.807, 2.05) is 19.0 Å². The molecule has 2 aliphatic rings. The van der Waals surface area contributed by atoms with Crippen LogP contribution in [0.1, 0.15) is 17.9 Å². The molecule has 0 aliphatic carbocycles. The van der Waals surface area contributed by atoms with Crippen LogP contribution in [0.5, 0.6) is 0 Å². The maximum atomic E-state index is 14.1. The minimum absolute atomic E-state index is 0.00514. The lowest BCUT2D eigenvalue weighted by Crippen LogP contribution is -2.55. The highest BCUT2D eigenvalue weighted by Crippen LogP contribution is 2.45. The fourth-order valence-corrected chi connectivity index (χ4v) is 3.82. The second-order valence-corrected chi connectivity index (χ2v) is 5.89. The summed E-state index contributed by atoms with van der Waals surface area (Å²) >= 11 is 0. The number of carboxylic acids is 1. The summed E-state index contributed by atoms with van der Waals surface area (Å²) in [5.41, 5.74) is 1.07. The highest BCUT2D eigenvalue weighted by Gasteiger charge is 2.46. The van der Waals surface area contributed by atoms with Gasteiger partial charge in [0.1, 0.15) is 5.82 Å². The summed E-state index contributed by atoms with van der Waals surface area (Å²) in [5, 5.41) is 9.63. The Morgan fingerprint density at radius 1 is 1.40 bits per heavy atom. The Kier molecular flexibility index (Phi) is 3.17. The van der Waals surface area contributed by atoms with Crippen LogP contribution in [0.15, 0.2) is 18.2 Å². The predicted molar refractivity (Wildman–Crippen MR) is 74.6 cm³/mol. The average Bonchev–Trinajstić information content (AvgIpc) is 2.38. The van der Waals surface area contributed by atoms with Crippen LogP contribution in [0.2, 0.25) is 0 Å². The zero-order valence-corrected chi connectivity index (χ0v) is 11.7. The lowest BCUT2D eigenvalue weighted by atomic mass is 9.73. The normalized spacial score (nSPS) is 29.8. The highest BCUT2D eigenvalue weighted by molar-refractivity contribution is 5.81. The Bertz CT molecular complexity index is 549. The fraction of sp³-hybridized carbons (Fsp3) is 0.533. The summed E-state index contributed by atoms with van der Waals surface area (Å²) in [7, 11) is 3.89. The minimum atomic E-state index is -0.852. The van der Waals surface area contributed by atoms with Gasteiger partial charge in [0.2, 0.25) is 0 Å². The zero-order chi connectivity index (χ0) is 14.4. The highest BCUT2D eigenvalue weighted by atomic mass is 19.1. The number of carbonyl (C=O) groups is 1. The van der Waals surface area contributed by atoms with Crippen LogP contribution in [-0.2, 0) is 4.79 Å². The SMILES string of the molecule is CN1CCC2C(C1)C(C(=O)O)c1cccc(F)c1N2C. The molecule has 1 saturated heterocycles. The molecule has 4 nitrogen and oxygen atoms in total. The van der Waals surface area contributed by atoms with E-state index in [0.29, 0.717) is 11.3 Å². The van der Waals surface area contributed by atoms with Crippen molar-refractivity contribution in [2.24, 2.45) is 5.92 Å². The number of fused-ring (bicyclic) bond motifs is 2. The maximum absolute atomic E-state index is 14.1. The number of para-hydroxylation sites is 1. The molecule has 3 unspecified atom stereocenters. The van der Waals surface area contributed by atoms with E-state index in [4.69, 9.17) is 0 Å². The van der Waals surface area contributed by atoms with Crippen molar-refractivity contribution in [1.29, 1.82) is 0 Å². The third-order valence-electron chi connectivity index (χ3n) is 4.72. The number of carboxylic acid groups (broad SMARTS) is 1. The van der Waals surface area contributed by atoms with E-state index in [1.165, 1.54) is 6.07 Å². The van der Waals surface area contributed by atoms with E-state index in [-0.39, 0.29) is 17.8 Å². The number of rotatable bonds is 1. The Labute approximate surface area is 117 Å². The molecule has 20 heavy (non-hydrogen) atoms. The monoisotopic (exact) mass is 278 g/mol. The lowest BCUT2D eigenvalue weighted by Gasteiger charge is -2.49. The summed E-state index contributed by atoms with van der Waals surface area (Å²) in [6.45, 7) is 1.66. The largest absolute Gasteiger partial charge is 0.481 e. The Hall–Kier alpha value is -1.62. The van der Waals surface area contributed by atoms with Crippen molar-refractivity contribution in [3.63, 3.8) is 0 Å². The number of likely N-dealkylation sites (tertiary alicyclic amines) is 1. The van der Waals surface area contributed by atoms with Crippen molar-refractivity contribution >= 4 is 11.7 Å². The molecule has 1 aromatic rings. The summed E-state index contributed by atoms with van der Waals surface area (Å²) in [6.07, 6.45) is 0.870. The molecule has 0 spiro atoms. The second kappa shape index (κ2) is 4.74. The van der Waals surface area contributed by atoms with E-state index in [0.717, 1.165) is 19.5 Å². The summed E-state index contributed by atoms with van der Waals surface area (Å²) in [6, 6.07) is 4.85. The van der Waals surface area contributed by atoms with E-state index < -0.39 is 11.9 Å². The fourth-order valence-electron chi connectivity index (χ4n) is 3.82. The van der Waals surface area contributed by atoms with Gasteiger partial charge in [-0.15, -0.1) is 0 Å². The van der Waals surface area contributed by atoms with Crippen molar-refractivity contribution in [3.05, 3.63) is 29.6 Å². The molecule has 0 aromatic heterocycles. The van der Waals surface area contributed by atoms with Crippen molar-refractivity contribution in [3.8, 4) is 0 Å². The van der Waals surface area contributed by atoms with Crippen molar-refractivity contribution in [2.75, 3.05) is 32.1 Å². The summed E-state index contributed by atoms with van der Waals surface area (Å²) in [5.74, 6) is -1.79. The van der Waals surface area contributed by atoms with E-state index in [9.17, 15) is 14.3 Å². The number of anilines is 1. The van der Waals surface area contributed by atoms with Gasteiger partial charge < -0.3 is 14.9 Å². The molecule has 1 fully saturated rings. The molecule has 5 heteroatoms. The molecule has 3 atom stereocenters. The van der Waals surface area contributed by atoms with Gasteiger partial charge in [-0.05, 0) is 31.6 Å². The van der Waals surface area contributed by atoms with E-state index in [1.54, 1.807) is 12.1 Å². The van der Waals surface area contributed by atoms with Gasteiger partial charge in [-0.3, -0.25) is 4.79 Å². The number of hydrogen-bond acceptors (Lipinski definition) is 3. The summed E-state index contributed by atoms with van der Waals surface area (Å²) in [4.78, 5) is 15.8. The minimum Gasteiger partial charge on any atom is -0.481 e. The molecule has 1 aromatic carbocycles. The molecule has 0 radical (unpaired) electrons. The van der Waals surface area contributed by atoms with Crippen molar-refractivity contribution < 1.29 is 14.3 Å². The molecular formula is C15H19FN2O2. The average molecular weight is 278 g/mol. The van der Waals surface area contributed by atoms with Gasteiger partial charge in [-0.25, -0.2) is 4.39 Å². The van der Waals surface area contributed by atoms with Crippen molar-refractivity contribution in [1.82, 2.24) is 4.90 Å². The number of benzene rings is 1. The molecule has 0 bridgehead atoms. The zero-order valence-electron chi connectivity index (χ0n) is 11.7. The number of aliphatic carboxylic acids is 1. The molecule has 1 N–H and O–H groups in total. The first-order chi connectivity index (χ1) is 9.50. The van der Waals surface area contributed by atoms with Gasteiger partial charge in [0.05, 0.1) is 11.6 Å². The Morgan fingerprint density at radius 3 is 2.85 bits per heavy atom. The summed E-state index contributed by atoms with van der Waals surface area (Å²) < 4.78 is 14.1. The number of nitrogens with zero attached hydrogens (tertiary/aromatic N) is 2.